The smallest absolute Gasteiger partial charge is 0.273 e. The van der Waals surface area contributed by atoms with Crippen LogP contribution in [0.2, 0.25) is 0 Å². The number of aromatic nitrogens is 1. The van der Waals surface area contributed by atoms with Crippen LogP contribution in [0.3, 0.4) is 0 Å². The quantitative estimate of drug-likeness (QED) is 0.926. The molecule has 1 amide bonds. The Kier molecular flexibility index (Phi) is 5.01. The zero-order valence-electron chi connectivity index (χ0n) is 14.6. The van der Waals surface area contributed by atoms with Crippen molar-refractivity contribution in [1.29, 1.82) is 0 Å². The van der Waals surface area contributed by atoms with E-state index in [9.17, 15) is 4.79 Å². The average molecular weight is 343 g/mol. The second kappa shape index (κ2) is 7.03. The molecule has 2 unspecified atom stereocenters. The maximum atomic E-state index is 12.9. The minimum absolute atomic E-state index is 0.0182. The van der Waals surface area contributed by atoms with E-state index in [1.54, 1.807) is 0 Å². The summed E-state index contributed by atoms with van der Waals surface area (Å²) in [7, 11) is 0. The average Bonchev–Trinajstić information content (AvgIpc) is 3.03. The van der Waals surface area contributed by atoms with E-state index in [4.69, 9.17) is 5.73 Å². The fourth-order valence-electron chi connectivity index (χ4n) is 3.44. The Labute approximate surface area is 147 Å². The van der Waals surface area contributed by atoms with Crippen LogP contribution in [0.15, 0.2) is 23.6 Å². The molecule has 5 heteroatoms. The first kappa shape index (κ1) is 17.1. The van der Waals surface area contributed by atoms with Crippen LogP contribution < -0.4 is 5.73 Å². The molecule has 2 heterocycles. The van der Waals surface area contributed by atoms with Gasteiger partial charge >= 0.3 is 0 Å². The number of nitrogens with two attached hydrogens (primary N) is 1. The monoisotopic (exact) mass is 343 g/mol. The number of nitrogens with zero attached hydrogens (tertiary/aromatic N) is 2. The van der Waals surface area contributed by atoms with Crippen LogP contribution in [0.25, 0.3) is 10.6 Å². The molecular formula is C19H25N3OS. The van der Waals surface area contributed by atoms with Crippen molar-refractivity contribution in [3.63, 3.8) is 0 Å². The van der Waals surface area contributed by atoms with Gasteiger partial charge in [-0.15, -0.1) is 11.3 Å². The van der Waals surface area contributed by atoms with Crippen molar-refractivity contribution in [2.24, 2.45) is 11.7 Å². The second-order valence-electron chi connectivity index (χ2n) is 6.87. The summed E-state index contributed by atoms with van der Waals surface area (Å²) >= 11 is 1.53. The van der Waals surface area contributed by atoms with E-state index in [0.717, 1.165) is 30.0 Å². The van der Waals surface area contributed by atoms with Crippen molar-refractivity contribution in [2.45, 2.75) is 39.7 Å². The van der Waals surface area contributed by atoms with E-state index in [1.807, 2.05) is 10.3 Å². The molecule has 0 aliphatic carbocycles. The molecule has 4 nitrogen and oxygen atoms in total. The highest BCUT2D eigenvalue weighted by Gasteiger charge is 2.30. The predicted molar refractivity (Wildman–Crippen MR) is 99.3 cm³/mol. The fourth-order valence-corrected chi connectivity index (χ4v) is 4.32. The lowest BCUT2D eigenvalue weighted by molar-refractivity contribution is 0.0568. The highest BCUT2D eigenvalue weighted by atomic mass is 32.1. The first-order valence-corrected chi connectivity index (χ1v) is 9.41. The first-order valence-electron chi connectivity index (χ1n) is 8.53. The Morgan fingerprint density at radius 1 is 1.42 bits per heavy atom. The van der Waals surface area contributed by atoms with Crippen LogP contribution >= 0.6 is 11.3 Å². The lowest BCUT2D eigenvalue weighted by Crippen LogP contribution is -2.49. The molecule has 1 saturated heterocycles. The van der Waals surface area contributed by atoms with Crippen LogP contribution in [-0.4, -0.2) is 34.9 Å². The van der Waals surface area contributed by atoms with Crippen molar-refractivity contribution in [1.82, 2.24) is 9.88 Å². The summed E-state index contributed by atoms with van der Waals surface area (Å²) in [6.07, 6.45) is 2.02. The molecule has 2 aromatic rings. The minimum atomic E-state index is 0.0182. The molecule has 1 fully saturated rings. The van der Waals surface area contributed by atoms with E-state index < -0.39 is 0 Å². The zero-order valence-corrected chi connectivity index (χ0v) is 15.4. The summed E-state index contributed by atoms with van der Waals surface area (Å²) in [6, 6.07) is 6.45. The van der Waals surface area contributed by atoms with Gasteiger partial charge in [-0.05, 0) is 38.2 Å². The van der Waals surface area contributed by atoms with Gasteiger partial charge in [0.2, 0.25) is 0 Å². The molecule has 1 aromatic heterocycles. The molecule has 0 saturated carbocycles. The number of thiazole rings is 1. The number of carbonyl (C=O) groups is 1. The van der Waals surface area contributed by atoms with Crippen molar-refractivity contribution >= 4 is 17.2 Å². The predicted octanol–water partition coefficient (Wildman–Crippen LogP) is 3.63. The molecule has 1 aliphatic heterocycles. The van der Waals surface area contributed by atoms with Gasteiger partial charge in [0.25, 0.3) is 5.91 Å². The summed E-state index contributed by atoms with van der Waals surface area (Å²) < 4.78 is 0. The number of aryl methyl sites for hydroxylation is 2. The molecule has 1 aliphatic rings. The lowest BCUT2D eigenvalue weighted by Gasteiger charge is -2.37. The number of hydrogen-bond acceptors (Lipinski definition) is 4. The molecule has 2 atom stereocenters. The molecule has 2 N–H and O–H groups in total. The van der Waals surface area contributed by atoms with Crippen molar-refractivity contribution < 1.29 is 4.79 Å². The topological polar surface area (TPSA) is 59.2 Å². The van der Waals surface area contributed by atoms with Crippen molar-refractivity contribution in [2.75, 3.05) is 13.1 Å². The van der Waals surface area contributed by atoms with Crippen LogP contribution in [0.1, 0.15) is 41.4 Å². The number of benzene rings is 1. The third-order valence-corrected chi connectivity index (χ3v) is 5.72. The van der Waals surface area contributed by atoms with E-state index in [0.29, 0.717) is 18.2 Å². The maximum absolute atomic E-state index is 12.9. The van der Waals surface area contributed by atoms with E-state index in [1.165, 1.54) is 22.5 Å². The van der Waals surface area contributed by atoms with Crippen molar-refractivity contribution in [3.8, 4) is 10.6 Å². The third-order valence-electron chi connectivity index (χ3n) is 4.85. The van der Waals surface area contributed by atoms with Gasteiger partial charge in [-0.3, -0.25) is 4.79 Å². The summed E-state index contributed by atoms with van der Waals surface area (Å²) in [5.74, 6) is 0.647. The SMILES string of the molecule is Cc1ccc(-c2nc(C(=O)N3CCC(C)CC3CN)cs2)c(C)c1. The normalized spacial score (nSPS) is 21.1. The number of rotatable bonds is 3. The van der Waals surface area contributed by atoms with E-state index >= 15 is 0 Å². The largest absolute Gasteiger partial charge is 0.333 e. The number of likely N-dealkylation sites (tertiary alicyclic amines) is 1. The van der Waals surface area contributed by atoms with Gasteiger partial charge in [-0.1, -0.05) is 30.7 Å². The van der Waals surface area contributed by atoms with Gasteiger partial charge in [0, 0.05) is 30.1 Å². The maximum Gasteiger partial charge on any atom is 0.273 e. The second-order valence-corrected chi connectivity index (χ2v) is 7.73. The number of hydrogen-bond donors (Lipinski definition) is 1. The number of carbonyl (C=O) groups excluding carboxylic acids is 1. The highest BCUT2D eigenvalue weighted by molar-refractivity contribution is 7.13. The van der Waals surface area contributed by atoms with Gasteiger partial charge in [0.15, 0.2) is 0 Å². The van der Waals surface area contributed by atoms with Gasteiger partial charge in [-0.2, -0.15) is 0 Å². The molecule has 0 spiro atoms. The zero-order chi connectivity index (χ0) is 17.3. The first-order chi connectivity index (χ1) is 11.5. The molecule has 24 heavy (non-hydrogen) atoms. The summed E-state index contributed by atoms with van der Waals surface area (Å²) in [5.41, 5.74) is 9.96. The van der Waals surface area contributed by atoms with Crippen LogP contribution in [0.4, 0.5) is 0 Å². The van der Waals surface area contributed by atoms with Gasteiger partial charge in [-0.25, -0.2) is 4.98 Å². The minimum Gasteiger partial charge on any atom is -0.333 e. The molecule has 0 radical (unpaired) electrons. The highest BCUT2D eigenvalue weighted by Crippen LogP contribution is 2.29. The Morgan fingerprint density at radius 2 is 2.21 bits per heavy atom. The summed E-state index contributed by atoms with van der Waals surface area (Å²) in [5, 5.41) is 2.79. The number of amides is 1. The third kappa shape index (κ3) is 3.37. The molecule has 0 bridgehead atoms. The van der Waals surface area contributed by atoms with Crippen LogP contribution in [0.5, 0.6) is 0 Å². The van der Waals surface area contributed by atoms with Crippen LogP contribution in [-0.2, 0) is 0 Å². The Balaban J connectivity index is 1.83. The molecule has 1 aromatic carbocycles. The molecule has 128 valence electrons. The fraction of sp³-hybridized carbons (Fsp3) is 0.474. The summed E-state index contributed by atoms with van der Waals surface area (Å²) in [6.45, 7) is 7.69. The molecule has 3 rings (SSSR count). The Hall–Kier alpha value is -1.72. The van der Waals surface area contributed by atoms with Gasteiger partial charge in [0.1, 0.15) is 10.7 Å². The van der Waals surface area contributed by atoms with Crippen LogP contribution in [0, 0.1) is 19.8 Å². The van der Waals surface area contributed by atoms with E-state index in [2.05, 4.69) is 44.0 Å². The standard InChI is InChI=1S/C19H25N3OS/c1-12-4-5-16(14(3)8-12)18-21-17(11-24-18)19(23)22-7-6-13(2)9-15(22)10-20/h4-5,8,11,13,15H,6-7,9-10,20H2,1-3H3. The Bertz CT molecular complexity index is 740. The van der Waals surface area contributed by atoms with E-state index in [-0.39, 0.29) is 11.9 Å². The van der Waals surface area contributed by atoms with Gasteiger partial charge < -0.3 is 10.6 Å². The lowest BCUT2D eigenvalue weighted by atomic mass is 9.92. The number of piperidine rings is 1. The Morgan fingerprint density at radius 3 is 2.92 bits per heavy atom. The van der Waals surface area contributed by atoms with Gasteiger partial charge in [0.05, 0.1) is 0 Å². The van der Waals surface area contributed by atoms with Crippen molar-refractivity contribution in [3.05, 3.63) is 40.4 Å². The molecular weight excluding hydrogens is 318 g/mol. The summed E-state index contributed by atoms with van der Waals surface area (Å²) in [4.78, 5) is 19.4.